The van der Waals surface area contributed by atoms with E-state index in [0.717, 1.165) is 11.1 Å². The van der Waals surface area contributed by atoms with Crippen molar-refractivity contribution in [1.29, 1.82) is 0 Å². The molecule has 0 unspecified atom stereocenters. The summed E-state index contributed by atoms with van der Waals surface area (Å²) in [4.78, 5) is 25.1. The molecule has 8 heteroatoms. The van der Waals surface area contributed by atoms with Gasteiger partial charge in [-0.3, -0.25) is 9.48 Å². The lowest BCUT2D eigenvalue weighted by Gasteiger charge is -2.13. The normalized spacial score (nSPS) is 12.2. The van der Waals surface area contributed by atoms with Crippen LogP contribution < -0.4 is 5.32 Å². The number of carbonyl (C=O) groups is 2. The third-order valence-corrected chi connectivity index (χ3v) is 4.58. The maximum absolute atomic E-state index is 12.6. The molecule has 0 aliphatic rings. The molecule has 0 aliphatic heterocycles. The molecule has 28 heavy (non-hydrogen) atoms. The molecule has 3 rings (SSSR count). The minimum Gasteiger partial charge on any atom is -0.449 e. The second-order valence-electron chi connectivity index (χ2n) is 6.55. The second-order valence-corrected chi connectivity index (χ2v) is 6.55. The Morgan fingerprint density at radius 1 is 1.29 bits per heavy atom. The molecule has 1 aromatic carbocycles. The zero-order chi connectivity index (χ0) is 20.4. The van der Waals surface area contributed by atoms with E-state index >= 15 is 0 Å². The monoisotopic (exact) mass is 385 g/mol. The SMILES string of the molecule is COCc1c(C(=O)O[C@H](C)C(=O)Nc2c(C)nn(C)c2C)oc2ccccc12. The van der Waals surface area contributed by atoms with Crippen LogP contribution in [0.4, 0.5) is 5.69 Å². The number of aromatic nitrogens is 2. The Bertz CT molecular complexity index is 1030. The number of nitrogens with zero attached hydrogens (tertiary/aromatic N) is 2. The van der Waals surface area contributed by atoms with Crippen LogP contribution in [-0.2, 0) is 27.9 Å². The molecule has 148 valence electrons. The van der Waals surface area contributed by atoms with E-state index in [1.54, 1.807) is 24.7 Å². The van der Waals surface area contributed by atoms with Crippen LogP contribution in [0.2, 0.25) is 0 Å². The Morgan fingerprint density at radius 3 is 2.64 bits per heavy atom. The summed E-state index contributed by atoms with van der Waals surface area (Å²) in [5, 5.41) is 7.79. The Kier molecular flexibility index (Phi) is 5.51. The van der Waals surface area contributed by atoms with Gasteiger partial charge in [-0.05, 0) is 26.8 Å². The fourth-order valence-electron chi connectivity index (χ4n) is 3.00. The molecule has 0 saturated carbocycles. The number of hydrogen-bond acceptors (Lipinski definition) is 6. The molecule has 0 saturated heterocycles. The number of anilines is 1. The van der Waals surface area contributed by atoms with E-state index in [9.17, 15) is 9.59 Å². The molecule has 0 fully saturated rings. The average Bonchev–Trinajstić information content (AvgIpc) is 3.14. The highest BCUT2D eigenvalue weighted by Gasteiger charge is 2.26. The Labute approximate surface area is 162 Å². The molecule has 2 aromatic heterocycles. The number of nitrogens with one attached hydrogen (secondary N) is 1. The number of methoxy groups -OCH3 is 1. The first kappa shape index (κ1) is 19.6. The van der Waals surface area contributed by atoms with Crippen LogP contribution in [0.25, 0.3) is 11.0 Å². The number of hydrogen-bond donors (Lipinski definition) is 1. The number of ether oxygens (including phenoxy) is 2. The Morgan fingerprint density at radius 2 is 2.00 bits per heavy atom. The highest BCUT2D eigenvalue weighted by atomic mass is 16.6. The molecular formula is C20H23N3O5. The number of amides is 1. The quantitative estimate of drug-likeness (QED) is 0.655. The van der Waals surface area contributed by atoms with E-state index in [1.807, 2.05) is 25.1 Å². The summed E-state index contributed by atoms with van der Waals surface area (Å²) in [7, 11) is 3.33. The van der Waals surface area contributed by atoms with Crippen molar-refractivity contribution in [2.75, 3.05) is 12.4 Å². The van der Waals surface area contributed by atoms with Crippen LogP contribution in [0.5, 0.6) is 0 Å². The first-order valence-electron chi connectivity index (χ1n) is 8.84. The van der Waals surface area contributed by atoms with Gasteiger partial charge >= 0.3 is 5.97 Å². The van der Waals surface area contributed by atoms with Crippen molar-refractivity contribution in [3.8, 4) is 0 Å². The van der Waals surface area contributed by atoms with E-state index in [-0.39, 0.29) is 12.4 Å². The molecule has 8 nitrogen and oxygen atoms in total. The molecular weight excluding hydrogens is 362 g/mol. The van der Waals surface area contributed by atoms with Gasteiger partial charge in [-0.1, -0.05) is 18.2 Å². The maximum Gasteiger partial charge on any atom is 0.375 e. The fourth-order valence-corrected chi connectivity index (χ4v) is 3.00. The fraction of sp³-hybridized carbons (Fsp3) is 0.350. The zero-order valence-electron chi connectivity index (χ0n) is 16.5. The molecule has 0 bridgehead atoms. The van der Waals surface area contributed by atoms with E-state index < -0.39 is 18.0 Å². The average molecular weight is 385 g/mol. The van der Waals surface area contributed by atoms with Crippen LogP contribution in [0.3, 0.4) is 0 Å². The van der Waals surface area contributed by atoms with Crippen molar-refractivity contribution in [2.24, 2.45) is 7.05 Å². The van der Waals surface area contributed by atoms with Crippen LogP contribution in [0.15, 0.2) is 28.7 Å². The number of fused-ring (bicyclic) bond motifs is 1. The van der Waals surface area contributed by atoms with Crippen molar-refractivity contribution in [3.63, 3.8) is 0 Å². The van der Waals surface area contributed by atoms with Gasteiger partial charge in [0.1, 0.15) is 5.58 Å². The molecule has 0 aliphatic carbocycles. The lowest BCUT2D eigenvalue weighted by molar-refractivity contribution is -0.123. The van der Waals surface area contributed by atoms with E-state index in [1.165, 1.54) is 14.0 Å². The summed E-state index contributed by atoms with van der Waals surface area (Å²) in [5.74, 6) is -1.13. The summed E-state index contributed by atoms with van der Waals surface area (Å²) in [6, 6.07) is 7.26. The minimum absolute atomic E-state index is 0.0384. The summed E-state index contributed by atoms with van der Waals surface area (Å²) in [5.41, 5.74) is 3.25. The molecule has 0 radical (unpaired) electrons. The molecule has 1 atom stereocenters. The lowest BCUT2D eigenvalue weighted by Crippen LogP contribution is -2.30. The Balaban J connectivity index is 1.78. The smallest absolute Gasteiger partial charge is 0.375 e. The Hall–Kier alpha value is -3.13. The van der Waals surface area contributed by atoms with Gasteiger partial charge in [0.25, 0.3) is 5.91 Å². The van der Waals surface area contributed by atoms with Gasteiger partial charge in [0.15, 0.2) is 6.10 Å². The lowest BCUT2D eigenvalue weighted by atomic mass is 10.1. The number of rotatable bonds is 6. The summed E-state index contributed by atoms with van der Waals surface area (Å²) < 4.78 is 17.9. The number of aryl methyl sites for hydroxylation is 2. The first-order chi connectivity index (χ1) is 13.3. The zero-order valence-corrected chi connectivity index (χ0v) is 16.5. The van der Waals surface area contributed by atoms with E-state index in [0.29, 0.717) is 22.5 Å². The maximum atomic E-state index is 12.6. The van der Waals surface area contributed by atoms with Gasteiger partial charge in [-0.2, -0.15) is 5.10 Å². The predicted octanol–water partition coefficient (Wildman–Crippen LogP) is 3.11. The van der Waals surface area contributed by atoms with Crippen molar-refractivity contribution >= 4 is 28.5 Å². The second kappa shape index (κ2) is 7.85. The number of furan rings is 1. The van der Waals surface area contributed by atoms with Crippen LogP contribution in [0.1, 0.15) is 34.4 Å². The number of esters is 1. The summed E-state index contributed by atoms with van der Waals surface area (Å²) >= 11 is 0. The van der Waals surface area contributed by atoms with Gasteiger partial charge in [-0.15, -0.1) is 0 Å². The van der Waals surface area contributed by atoms with Gasteiger partial charge in [-0.25, -0.2) is 4.79 Å². The van der Waals surface area contributed by atoms with E-state index in [4.69, 9.17) is 13.9 Å². The van der Waals surface area contributed by atoms with Gasteiger partial charge in [0.2, 0.25) is 5.76 Å². The third kappa shape index (κ3) is 3.63. The molecule has 2 heterocycles. The number of carbonyl (C=O) groups excluding carboxylic acids is 2. The van der Waals surface area contributed by atoms with Crippen molar-refractivity contribution in [1.82, 2.24) is 9.78 Å². The van der Waals surface area contributed by atoms with Gasteiger partial charge < -0.3 is 19.2 Å². The third-order valence-electron chi connectivity index (χ3n) is 4.58. The van der Waals surface area contributed by atoms with Gasteiger partial charge in [0, 0.05) is 25.1 Å². The van der Waals surface area contributed by atoms with Crippen LogP contribution >= 0.6 is 0 Å². The minimum atomic E-state index is -1.02. The highest BCUT2D eigenvalue weighted by Crippen LogP contribution is 2.27. The van der Waals surface area contributed by atoms with Crippen LogP contribution in [-0.4, -0.2) is 34.9 Å². The van der Waals surface area contributed by atoms with Gasteiger partial charge in [0.05, 0.1) is 23.7 Å². The number of para-hydroxylation sites is 1. The van der Waals surface area contributed by atoms with Crippen molar-refractivity contribution in [3.05, 3.63) is 47.0 Å². The molecule has 3 aromatic rings. The largest absolute Gasteiger partial charge is 0.449 e. The summed E-state index contributed by atoms with van der Waals surface area (Å²) in [6.45, 7) is 5.34. The highest BCUT2D eigenvalue weighted by molar-refractivity contribution is 5.99. The van der Waals surface area contributed by atoms with E-state index in [2.05, 4.69) is 10.4 Å². The first-order valence-corrected chi connectivity index (χ1v) is 8.84. The topological polar surface area (TPSA) is 95.6 Å². The van der Waals surface area contributed by atoms with Crippen LogP contribution in [0, 0.1) is 13.8 Å². The summed E-state index contributed by atoms with van der Waals surface area (Å²) in [6.07, 6.45) is -1.02. The van der Waals surface area contributed by atoms with Crippen molar-refractivity contribution < 1.29 is 23.5 Å². The number of benzene rings is 1. The predicted molar refractivity (Wildman–Crippen MR) is 103 cm³/mol. The molecule has 1 amide bonds. The van der Waals surface area contributed by atoms with Crippen molar-refractivity contribution in [2.45, 2.75) is 33.5 Å². The molecule has 0 spiro atoms. The molecule has 1 N–H and O–H groups in total. The standard InChI is InChI=1S/C20H23N3O5/c1-11-17(12(2)23(4)22-11)21-19(24)13(3)27-20(25)18-15(10-26-5)14-8-6-7-9-16(14)28-18/h6-9,13H,10H2,1-5H3,(H,21,24)/t13-/m1/s1.